The van der Waals surface area contributed by atoms with Crippen LogP contribution in [0.3, 0.4) is 0 Å². The number of hydrogen-bond acceptors (Lipinski definition) is 5. The minimum atomic E-state index is -0.372. The SMILES string of the molecule is CCOc1ccc(NC(=O)CCC(=O)N/N=C\c2cccc(O)c2)cc1. The Morgan fingerprint density at radius 2 is 1.85 bits per heavy atom. The summed E-state index contributed by atoms with van der Waals surface area (Å²) in [5.74, 6) is 0.213. The number of nitrogens with zero attached hydrogens (tertiary/aromatic N) is 1. The average molecular weight is 355 g/mol. The van der Waals surface area contributed by atoms with Gasteiger partial charge in [0.15, 0.2) is 0 Å². The molecule has 0 aromatic heterocycles. The molecule has 0 aliphatic carbocycles. The number of rotatable bonds is 8. The molecule has 0 radical (unpaired) electrons. The highest BCUT2D eigenvalue weighted by Crippen LogP contribution is 2.15. The molecule has 136 valence electrons. The molecule has 0 unspecified atom stereocenters. The van der Waals surface area contributed by atoms with Crippen LogP contribution in [0.25, 0.3) is 0 Å². The second-order valence-corrected chi connectivity index (χ2v) is 5.39. The van der Waals surface area contributed by atoms with Crippen LogP contribution < -0.4 is 15.5 Å². The third kappa shape index (κ3) is 6.64. The number of phenols is 1. The summed E-state index contributed by atoms with van der Waals surface area (Å²) in [5.41, 5.74) is 3.63. The Bertz CT molecular complexity index is 773. The first-order valence-corrected chi connectivity index (χ1v) is 8.20. The van der Waals surface area contributed by atoms with E-state index in [0.717, 1.165) is 5.75 Å². The summed E-state index contributed by atoms with van der Waals surface area (Å²) < 4.78 is 5.33. The number of hydrogen-bond donors (Lipinski definition) is 3. The topological polar surface area (TPSA) is 100 Å². The molecule has 2 rings (SSSR count). The van der Waals surface area contributed by atoms with Gasteiger partial charge in [-0.3, -0.25) is 9.59 Å². The van der Waals surface area contributed by atoms with Crippen molar-refractivity contribution in [2.24, 2.45) is 5.10 Å². The van der Waals surface area contributed by atoms with Gasteiger partial charge < -0.3 is 15.2 Å². The molecule has 0 fully saturated rings. The van der Waals surface area contributed by atoms with Crippen molar-refractivity contribution in [3.63, 3.8) is 0 Å². The molecule has 0 atom stereocenters. The summed E-state index contributed by atoms with van der Waals surface area (Å²) >= 11 is 0. The minimum Gasteiger partial charge on any atom is -0.508 e. The molecule has 2 aromatic carbocycles. The van der Waals surface area contributed by atoms with Crippen LogP contribution in [0.2, 0.25) is 0 Å². The smallest absolute Gasteiger partial charge is 0.240 e. The Morgan fingerprint density at radius 1 is 1.12 bits per heavy atom. The zero-order chi connectivity index (χ0) is 18.8. The van der Waals surface area contributed by atoms with Gasteiger partial charge in [-0.1, -0.05) is 12.1 Å². The monoisotopic (exact) mass is 355 g/mol. The van der Waals surface area contributed by atoms with E-state index in [0.29, 0.717) is 17.9 Å². The molecule has 0 saturated carbocycles. The maximum atomic E-state index is 11.9. The molecule has 7 nitrogen and oxygen atoms in total. The van der Waals surface area contributed by atoms with Crippen molar-refractivity contribution >= 4 is 23.7 Å². The van der Waals surface area contributed by atoms with Gasteiger partial charge in [-0.05, 0) is 48.9 Å². The van der Waals surface area contributed by atoms with Crippen LogP contribution in [0.4, 0.5) is 5.69 Å². The van der Waals surface area contributed by atoms with Gasteiger partial charge in [0.1, 0.15) is 11.5 Å². The lowest BCUT2D eigenvalue weighted by Crippen LogP contribution is -2.20. The standard InChI is InChI=1S/C19H21N3O4/c1-2-26-17-8-6-15(7-9-17)21-18(24)10-11-19(25)22-20-13-14-4-3-5-16(23)12-14/h3-9,12-13,23H,2,10-11H2,1H3,(H,21,24)(H,22,25)/b20-13-. The lowest BCUT2D eigenvalue weighted by molar-refractivity contribution is -0.124. The van der Waals surface area contributed by atoms with Gasteiger partial charge in [-0.15, -0.1) is 0 Å². The van der Waals surface area contributed by atoms with Crippen LogP contribution in [0.1, 0.15) is 25.3 Å². The van der Waals surface area contributed by atoms with Crippen molar-refractivity contribution in [2.75, 3.05) is 11.9 Å². The maximum Gasteiger partial charge on any atom is 0.240 e. The highest BCUT2D eigenvalue weighted by atomic mass is 16.5. The molecule has 0 heterocycles. The molecule has 2 amide bonds. The first kappa shape index (κ1) is 19.0. The van der Waals surface area contributed by atoms with Crippen molar-refractivity contribution in [1.29, 1.82) is 0 Å². The van der Waals surface area contributed by atoms with E-state index in [1.165, 1.54) is 12.3 Å². The lowest BCUT2D eigenvalue weighted by atomic mass is 10.2. The minimum absolute atomic E-state index is 0.0141. The van der Waals surface area contributed by atoms with Gasteiger partial charge in [0.2, 0.25) is 11.8 Å². The van der Waals surface area contributed by atoms with E-state index in [1.807, 2.05) is 6.92 Å². The number of nitrogens with one attached hydrogen (secondary N) is 2. The number of ether oxygens (including phenoxy) is 1. The van der Waals surface area contributed by atoms with Gasteiger partial charge in [-0.25, -0.2) is 5.43 Å². The summed E-state index contributed by atoms with van der Waals surface area (Å²) in [5, 5.41) is 15.8. The van der Waals surface area contributed by atoms with E-state index in [-0.39, 0.29) is 30.4 Å². The number of carbonyl (C=O) groups is 2. The molecule has 0 aliphatic rings. The third-order valence-corrected chi connectivity index (χ3v) is 3.30. The molecule has 0 spiro atoms. The fourth-order valence-corrected chi connectivity index (χ4v) is 2.09. The highest BCUT2D eigenvalue weighted by Gasteiger charge is 2.07. The van der Waals surface area contributed by atoms with E-state index in [1.54, 1.807) is 42.5 Å². The fourth-order valence-electron chi connectivity index (χ4n) is 2.09. The Kier molecular flexibility index (Phi) is 7.17. The van der Waals surface area contributed by atoms with Crippen LogP contribution in [0.5, 0.6) is 11.5 Å². The number of amides is 2. The first-order chi connectivity index (χ1) is 12.6. The van der Waals surface area contributed by atoms with Crippen molar-refractivity contribution in [2.45, 2.75) is 19.8 Å². The van der Waals surface area contributed by atoms with Gasteiger partial charge in [-0.2, -0.15) is 5.10 Å². The zero-order valence-electron chi connectivity index (χ0n) is 14.4. The number of carbonyl (C=O) groups excluding carboxylic acids is 2. The van der Waals surface area contributed by atoms with Gasteiger partial charge in [0, 0.05) is 18.5 Å². The Hall–Kier alpha value is -3.35. The summed E-state index contributed by atoms with van der Waals surface area (Å²) in [6.07, 6.45) is 1.47. The Labute approximate surface area is 151 Å². The first-order valence-electron chi connectivity index (χ1n) is 8.20. The largest absolute Gasteiger partial charge is 0.508 e. The van der Waals surface area contributed by atoms with Crippen molar-refractivity contribution in [3.8, 4) is 11.5 Å². The van der Waals surface area contributed by atoms with Crippen LogP contribution in [-0.2, 0) is 9.59 Å². The normalized spacial score (nSPS) is 10.5. The van der Waals surface area contributed by atoms with E-state index in [4.69, 9.17) is 4.74 Å². The van der Waals surface area contributed by atoms with E-state index in [2.05, 4.69) is 15.8 Å². The van der Waals surface area contributed by atoms with Gasteiger partial charge in [0.25, 0.3) is 0 Å². The molecule has 7 heteroatoms. The van der Waals surface area contributed by atoms with Crippen molar-refractivity contribution < 1.29 is 19.4 Å². The second-order valence-electron chi connectivity index (χ2n) is 5.39. The van der Waals surface area contributed by atoms with Crippen LogP contribution in [-0.4, -0.2) is 29.7 Å². The van der Waals surface area contributed by atoms with E-state index >= 15 is 0 Å². The Balaban J connectivity index is 1.71. The second kappa shape index (κ2) is 9.83. The van der Waals surface area contributed by atoms with E-state index < -0.39 is 0 Å². The highest BCUT2D eigenvalue weighted by molar-refractivity contribution is 5.93. The maximum absolute atomic E-state index is 11.9. The Morgan fingerprint density at radius 3 is 2.54 bits per heavy atom. The summed E-state index contributed by atoms with van der Waals surface area (Å²) in [7, 11) is 0. The quantitative estimate of drug-likeness (QED) is 0.501. The summed E-state index contributed by atoms with van der Waals surface area (Å²) in [4.78, 5) is 23.6. The molecule has 3 N–H and O–H groups in total. The zero-order valence-corrected chi connectivity index (χ0v) is 14.4. The molecular weight excluding hydrogens is 334 g/mol. The molecule has 2 aromatic rings. The van der Waals surface area contributed by atoms with E-state index in [9.17, 15) is 14.7 Å². The molecular formula is C19H21N3O4. The van der Waals surface area contributed by atoms with Crippen molar-refractivity contribution in [3.05, 3.63) is 54.1 Å². The predicted octanol–water partition coefficient (Wildman–Crippen LogP) is 2.66. The average Bonchev–Trinajstić information content (AvgIpc) is 2.62. The molecule has 0 bridgehead atoms. The summed E-state index contributed by atoms with van der Waals surface area (Å²) in [6.45, 7) is 2.48. The number of aromatic hydroxyl groups is 1. The number of phenolic OH excluding ortho intramolecular Hbond substituents is 1. The van der Waals surface area contributed by atoms with Crippen LogP contribution in [0, 0.1) is 0 Å². The molecule has 0 aliphatic heterocycles. The van der Waals surface area contributed by atoms with Crippen LogP contribution in [0.15, 0.2) is 53.6 Å². The number of benzene rings is 2. The third-order valence-electron chi connectivity index (χ3n) is 3.30. The molecule has 0 saturated heterocycles. The number of anilines is 1. The van der Waals surface area contributed by atoms with Gasteiger partial charge >= 0.3 is 0 Å². The lowest BCUT2D eigenvalue weighted by Gasteiger charge is -2.07. The van der Waals surface area contributed by atoms with Crippen LogP contribution >= 0.6 is 0 Å². The molecule has 26 heavy (non-hydrogen) atoms. The number of hydrazone groups is 1. The van der Waals surface area contributed by atoms with Crippen molar-refractivity contribution in [1.82, 2.24) is 5.43 Å². The van der Waals surface area contributed by atoms with Gasteiger partial charge in [0.05, 0.1) is 12.8 Å². The summed E-state index contributed by atoms with van der Waals surface area (Å²) in [6, 6.07) is 13.5. The fraction of sp³-hybridized carbons (Fsp3) is 0.211. The predicted molar refractivity (Wildman–Crippen MR) is 99.3 cm³/mol.